The highest BCUT2D eigenvalue weighted by Crippen LogP contribution is 2.22. The molecule has 0 saturated carbocycles. The first-order chi connectivity index (χ1) is 8.70. The standard InChI is InChI=1S/C14H13N3O/c1-11(2)14(18)17(12-7-3-5-9-15-12)13-8-4-6-10-16-13/h3-10H,1H2,2H3. The normalized spacial score (nSPS) is 9.83. The number of pyridine rings is 2. The summed E-state index contributed by atoms with van der Waals surface area (Å²) in [6.07, 6.45) is 3.27. The Balaban J connectivity index is 2.48. The van der Waals surface area contributed by atoms with E-state index in [2.05, 4.69) is 16.5 Å². The van der Waals surface area contributed by atoms with Crippen LogP contribution in [0.2, 0.25) is 0 Å². The van der Waals surface area contributed by atoms with Crippen LogP contribution >= 0.6 is 0 Å². The first kappa shape index (κ1) is 12.0. The molecule has 2 rings (SSSR count). The van der Waals surface area contributed by atoms with Gasteiger partial charge in [-0.2, -0.15) is 0 Å². The van der Waals surface area contributed by atoms with E-state index in [1.54, 1.807) is 43.6 Å². The summed E-state index contributed by atoms with van der Waals surface area (Å²) in [6, 6.07) is 10.8. The topological polar surface area (TPSA) is 46.1 Å². The molecule has 4 nitrogen and oxygen atoms in total. The minimum atomic E-state index is -0.215. The molecule has 4 heteroatoms. The van der Waals surface area contributed by atoms with Gasteiger partial charge in [0, 0.05) is 18.0 Å². The molecule has 0 bridgehead atoms. The van der Waals surface area contributed by atoms with Gasteiger partial charge in [-0.1, -0.05) is 18.7 Å². The minimum Gasteiger partial charge on any atom is -0.269 e. The SMILES string of the molecule is C=C(C)C(=O)N(c1ccccn1)c1ccccn1. The summed E-state index contributed by atoms with van der Waals surface area (Å²) >= 11 is 0. The van der Waals surface area contributed by atoms with Gasteiger partial charge in [-0.3, -0.25) is 4.79 Å². The van der Waals surface area contributed by atoms with Crippen molar-refractivity contribution in [3.05, 3.63) is 60.9 Å². The van der Waals surface area contributed by atoms with Crippen molar-refractivity contribution in [2.45, 2.75) is 6.92 Å². The smallest absolute Gasteiger partial charge is 0.260 e. The number of anilines is 2. The summed E-state index contributed by atoms with van der Waals surface area (Å²) in [5, 5.41) is 0. The highest BCUT2D eigenvalue weighted by Gasteiger charge is 2.20. The van der Waals surface area contributed by atoms with Crippen molar-refractivity contribution in [3.63, 3.8) is 0 Å². The van der Waals surface area contributed by atoms with Crippen LogP contribution in [-0.2, 0) is 4.79 Å². The largest absolute Gasteiger partial charge is 0.269 e. The summed E-state index contributed by atoms with van der Waals surface area (Å²) in [7, 11) is 0. The maximum Gasteiger partial charge on any atom is 0.260 e. The second-order valence-electron chi connectivity index (χ2n) is 3.80. The highest BCUT2D eigenvalue weighted by molar-refractivity contribution is 6.08. The third-order valence-electron chi connectivity index (χ3n) is 2.32. The van der Waals surface area contributed by atoms with Crippen molar-refractivity contribution in [2.24, 2.45) is 0 Å². The lowest BCUT2D eigenvalue weighted by Crippen LogP contribution is -2.27. The maximum atomic E-state index is 12.2. The van der Waals surface area contributed by atoms with Crippen LogP contribution in [0, 0.1) is 0 Å². The number of carbonyl (C=O) groups excluding carboxylic acids is 1. The minimum absolute atomic E-state index is 0.215. The quantitative estimate of drug-likeness (QED) is 0.774. The van der Waals surface area contributed by atoms with E-state index in [9.17, 15) is 4.79 Å². The molecule has 0 radical (unpaired) electrons. The number of rotatable bonds is 3. The van der Waals surface area contributed by atoms with E-state index in [0.717, 1.165) is 0 Å². The van der Waals surface area contributed by atoms with Gasteiger partial charge in [0.2, 0.25) is 0 Å². The third kappa shape index (κ3) is 2.43. The monoisotopic (exact) mass is 239 g/mol. The lowest BCUT2D eigenvalue weighted by Gasteiger charge is -2.20. The van der Waals surface area contributed by atoms with Gasteiger partial charge in [-0.25, -0.2) is 14.9 Å². The first-order valence-corrected chi connectivity index (χ1v) is 5.52. The average Bonchev–Trinajstić information content (AvgIpc) is 2.41. The molecule has 0 aliphatic rings. The number of hydrogen-bond acceptors (Lipinski definition) is 3. The first-order valence-electron chi connectivity index (χ1n) is 5.52. The maximum absolute atomic E-state index is 12.2. The molecule has 0 unspecified atom stereocenters. The van der Waals surface area contributed by atoms with Gasteiger partial charge in [-0.05, 0) is 31.2 Å². The van der Waals surface area contributed by atoms with E-state index in [-0.39, 0.29) is 5.91 Å². The van der Waals surface area contributed by atoms with E-state index in [4.69, 9.17) is 0 Å². The predicted octanol–water partition coefficient (Wildman–Crippen LogP) is 2.72. The molecule has 2 heterocycles. The van der Waals surface area contributed by atoms with Crippen molar-refractivity contribution in [2.75, 3.05) is 4.90 Å². The summed E-state index contributed by atoms with van der Waals surface area (Å²) < 4.78 is 0. The zero-order valence-corrected chi connectivity index (χ0v) is 10.1. The van der Waals surface area contributed by atoms with Gasteiger partial charge >= 0.3 is 0 Å². The Morgan fingerprint density at radius 2 is 1.56 bits per heavy atom. The number of hydrogen-bond donors (Lipinski definition) is 0. The molecule has 0 spiro atoms. The van der Waals surface area contributed by atoms with Crippen LogP contribution in [-0.4, -0.2) is 15.9 Å². The molecule has 0 saturated heterocycles. The highest BCUT2D eigenvalue weighted by atomic mass is 16.2. The van der Waals surface area contributed by atoms with Crippen molar-refractivity contribution in [3.8, 4) is 0 Å². The Morgan fingerprint density at radius 3 is 1.89 bits per heavy atom. The van der Waals surface area contributed by atoms with Crippen LogP contribution in [0.15, 0.2) is 60.9 Å². The van der Waals surface area contributed by atoms with Crippen LogP contribution in [0.3, 0.4) is 0 Å². The van der Waals surface area contributed by atoms with Crippen LogP contribution in [0.25, 0.3) is 0 Å². The second-order valence-corrected chi connectivity index (χ2v) is 3.80. The Morgan fingerprint density at radius 1 is 1.06 bits per heavy atom. The van der Waals surface area contributed by atoms with Gasteiger partial charge in [0.25, 0.3) is 5.91 Å². The Bertz CT molecular complexity index is 512. The fourth-order valence-corrected chi connectivity index (χ4v) is 1.49. The van der Waals surface area contributed by atoms with Crippen LogP contribution in [0.4, 0.5) is 11.6 Å². The van der Waals surface area contributed by atoms with Crippen molar-refractivity contribution < 1.29 is 4.79 Å². The Labute approximate surface area is 106 Å². The van der Waals surface area contributed by atoms with E-state index in [1.807, 2.05) is 12.1 Å². The van der Waals surface area contributed by atoms with E-state index in [0.29, 0.717) is 17.2 Å². The third-order valence-corrected chi connectivity index (χ3v) is 2.32. The van der Waals surface area contributed by atoms with Crippen LogP contribution < -0.4 is 4.90 Å². The zero-order valence-electron chi connectivity index (χ0n) is 10.1. The molecule has 0 atom stereocenters. The van der Waals surface area contributed by atoms with Gasteiger partial charge in [-0.15, -0.1) is 0 Å². The molecule has 0 aliphatic heterocycles. The molecule has 0 fully saturated rings. The molecule has 90 valence electrons. The summed E-state index contributed by atoms with van der Waals surface area (Å²) in [5.74, 6) is 0.848. The van der Waals surface area contributed by atoms with Crippen molar-refractivity contribution in [1.29, 1.82) is 0 Å². The summed E-state index contributed by atoms with van der Waals surface area (Å²) in [4.78, 5) is 22.0. The van der Waals surface area contributed by atoms with E-state index >= 15 is 0 Å². The zero-order chi connectivity index (χ0) is 13.0. The molecule has 2 aromatic rings. The molecule has 2 aromatic heterocycles. The Kier molecular flexibility index (Phi) is 3.48. The van der Waals surface area contributed by atoms with Crippen LogP contribution in [0.1, 0.15) is 6.92 Å². The van der Waals surface area contributed by atoms with E-state index < -0.39 is 0 Å². The average molecular weight is 239 g/mol. The summed E-state index contributed by atoms with van der Waals surface area (Å²) in [5.41, 5.74) is 0.436. The fourth-order valence-electron chi connectivity index (χ4n) is 1.49. The summed E-state index contributed by atoms with van der Waals surface area (Å²) in [6.45, 7) is 5.35. The molecule has 18 heavy (non-hydrogen) atoms. The van der Waals surface area contributed by atoms with E-state index in [1.165, 1.54) is 4.90 Å². The van der Waals surface area contributed by atoms with Crippen molar-refractivity contribution >= 4 is 17.5 Å². The second kappa shape index (κ2) is 5.23. The number of nitrogens with zero attached hydrogens (tertiary/aromatic N) is 3. The molecule has 0 N–H and O–H groups in total. The predicted molar refractivity (Wildman–Crippen MR) is 70.4 cm³/mol. The lowest BCUT2D eigenvalue weighted by molar-refractivity contribution is -0.114. The number of carbonyl (C=O) groups is 1. The number of amides is 1. The lowest BCUT2D eigenvalue weighted by atomic mass is 10.2. The molecular weight excluding hydrogens is 226 g/mol. The molecule has 0 aliphatic carbocycles. The molecule has 0 aromatic carbocycles. The van der Waals surface area contributed by atoms with Crippen LogP contribution in [0.5, 0.6) is 0 Å². The Hall–Kier alpha value is -2.49. The van der Waals surface area contributed by atoms with Gasteiger partial charge in [0.05, 0.1) is 0 Å². The fraction of sp³-hybridized carbons (Fsp3) is 0.0714. The van der Waals surface area contributed by atoms with Crippen molar-refractivity contribution in [1.82, 2.24) is 9.97 Å². The molecule has 1 amide bonds. The van der Waals surface area contributed by atoms with Gasteiger partial charge < -0.3 is 0 Å². The molecular formula is C14H13N3O. The van der Waals surface area contributed by atoms with Gasteiger partial charge in [0.15, 0.2) is 0 Å². The number of aromatic nitrogens is 2. The van der Waals surface area contributed by atoms with Gasteiger partial charge in [0.1, 0.15) is 11.6 Å².